The van der Waals surface area contributed by atoms with Crippen molar-refractivity contribution in [1.29, 1.82) is 0 Å². The molecule has 0 aliphatic heterocycles. The summed E-state index contributed by atoms with van der Waals surface area (Å²) in [4.78, 5) is 4.35. The maximum atomic E-state index is 4.35. The van der Waals surface area contributed by atoms with Gasteiger partial charge in [-0.15, -0.1) is 0 Å². The maximum absolute atomic E-state index is 4.35. The highest BCUT2D eigenvalue weighted by atomic mass is 15.2. The lowest BCUT2D eigenvalue weighted by Gasteiger charge is -2.32. The van der Waals surface area contributed by atoms with Gasteiger partial charge in [0.2, 0.25) is 0 Å². The summed E-state index contributed by atoms with van der Waals surface area (Å²) < 4.78 is 0. The Morgan fingerprint density at radius 1 is 1.21 bits per heavy atom. The lowest BCUT2D eigenvalue weighted by atomic mass is 9.78. The normalized spacial score (nSPS) is 22.2. The predicted octanol–water partition coefficient (Wildman–Crippen LogP) is 3.09. The highest BCUT2D eigenvalue weighted by molar-refractivity contribution is 5.80. The van der Waals surface area contributed by atoms with Gasteiger partial charge in [-0.05, 0) is 37.0 Å². The molecule has 108 valence electrons. The quantitative estimate of drug-likeness (QED) is 0.464. The molecule has 1 fully saturated rings. The highest BCUT2D eigenvalue weighted by Gasteiger charge is 2.31. The van der Waals surface area contributed by atoms with Gasteiger partial charge < -0.3 is 10.6 Å². The van der Waals surface area contributed by atoms with Crippen molar-refractivity contribution in [2.24, 2.45) is 16.3 Å². The molecular formula is C16H29N3. The molecular weight excluding hydrogens is 234 g/mol. The molecule has 2 N–H and O–H groups in total. The van der Waals surface area contributed by atoms with Crippen LogP contribution in [0.15, 0.2) is 17.1 Å². The van der Waals surface area contributed by atoms with Gasteiger partial charge in [0.15, 0.2) is 5.96 Å². The molecule has 3 heteroatoms. The van der Waals surface area contributed by atoms with E-state index in [2.05, 4.69) is 41.6 Å². The minimum atomic E-state index is 0.363. The molecule has 0 amide bonds. The smallest absolute Gasteiger partial charge is 0.191 e. The molecule has 0 aromatic carbocycles. The minimum absolute atomic E-state index is 0.363. The van der Waals surface area contributed by atoms with E-state index in [9.17, 15) is 0 Å². The Balaban J connectivity index is 1.78. The van der Waals surface area contributed by atoms with E-state index in [1.165, 1.54) is 25.7 Å². The highest BCUT2D eigenvalue weighted by Crippen LogP contribution is 2.38. The second kappa shape index (κ2) is 6.44. The summed E-state index contributed by atoms with van der Waals surface area (Å²) in [6.45, 7) is 5.79. The zero-order chi connectivity index (χ0) is 13.7. The van der Waals surface area contributed by atoms with E-state index in [4.69, 9.17) is 0 Å². The van der Waals surface area contributed by atoms with Crippen LogP contribution in [0.1, 0.15) is 52.4 Å². The average Bonchev–Trinajstić information content (AvgIpc) is 3.07. The van der Waals surface area contributed by atoms with Crippen molar-refractivity contribution in [3.63, 3.8) is 0 Å². The summed E-state index contributed by atoms with van der Waals surface area (Å²) in [5.41, 5.74) is 0.363. The molecule has 0 aromatic rings. The lowest BCUT2D eigenvalue weighted by Crippen LogP contribution is -2.46. The van der Waals surface area contributed by atoms with Gasteiger partial charge in [-0.2, -0.15) is 0 Å². The lowest BCUT2D eigenvalue weighted by molar-refractivity contribution is 0.218. The van der Waals surface area contributed by atoms with Crippen molar-refractivity contribution in [2.75, 3.05) is 13.6 Å². The summed E-state index contributed by atoms with van der Waals surface area (Å²) in [5, 5.41) is 7.03. The number of nitrogens with one attached hydrogen (secondary N) is 2. The van der Waals surface area contributed by atoms with Gasteiger partial charge in [-0.1, -0.05) is 38.8 Å². The molecule has 0 bridgehead atoms. The fourth-order valence-corrected chi connectivity index (χ4v) is 3.29. The van der Waals surface area contributed by atoms with Crippen LogP contribution in [-0.4, -0.2) is 25.6 Å². The Labute approximate surface area is 118 Å². The molecule has 0 radical (unpaired) electrons. The zero-order valence-corrected chi connectivity index (χ0v) is 12.7. The first-order valence-corrected chi connectivity index (χ1v) is 7.74. The molecule has 0 spiro atoms. The Kier molecular flexibility index (Phi) is 4.89. The molecule has 2 aliphatic rings. The van der Waals surface area contributed by atoms with Crippen LogP contribution < -0.4 is 10.6 Å². The second-order valence-electron chi connectivity index (χ2n) is 6.68. The van der Waals surface area contributed by atoms with Crippen LogP contribution in [-0.2, 0) is 0 Å². The average molecular weight is 263 g/mol. The van der Waals surface area contributed by atoms with Gasteiger partial charge in [0, 0.05) is 19.6 Å². The Morgan fingerprint density at radius 3 is 2.42 bits per heavy atom. The van der Waals surface area contributed by atoms with Gasteiger partial charge in [0.1, 0.15) is 0 Å². The van der Waals surface area contributed by atoms with Crippen molar-refractivity contribution >= 4 is 5.96 Å². The number of hydrogen-bond donors (Lipinski definition) is 2. The number of aliphatic imine (C=N–C) groups is 1. The van der Waals surface area contributed by atoms with Crippen LogP contribution >= 0.6 is 0 Å². The van der Waals surface area contributed by atoms with Crippen LogP contribution in [0.2, 0.25) is 0 Å². The van der Waals surface area contributed by atoms with Gasteiger partial charge in [-0.3, -0.25) is 4.99 Å². The minimum Gasteiger partial charge on any atom is -0.356 e. The monoisotopic (exact) mass is 263 g/mol. The van der Waals surface area contributed by atoms with Crippen molar-refractivity contribution in [2.45, 2.75) is 58.4 Å². The van der Waals surface area contributed by atoms with Gasteiger partial charge in [0.05, 0.1) is 0 Å². The van der Waals surface area contributed by atoms with Crippen LogP contribution in [0.5, 0.6) is 0 Å². The molecule has 0 aromatic heterocycles. The number of rotatable bonds is 4. The van der Waals surface area contributed by atoms with E-state index in [-0.39, 0.29) is 0 Å². The van der Waals surface area contributed by atoms with E-state index < -0.39 is 0 Å². The fourth-order valence-electron chi connectivity index (χ4n) is 3.29. The van der Waals surface area contributed by atoms with E-state index in [0.717, 1.165) is 31.3 Å². The predicted molar refractivity (Wildman–Crippen MR) is 82.4 cm³/mol. The van der Waals surface area contributed by atoms with Crippen molar-refractivity contribution in [3.8, 4) is 0 Å². The topological polar surface area (TPSA) is 36.4 Å². The Bertz CT molecular complexity index is 330. The number of hydrogen-bond acceptors (Lipinski definition) is 1. The van der Waals surface area contributed by atoms with E-state index >= 15 is 0 Å². The summed E-state index contributed by atoms with van der Waals surface area (Å²) in [6.07, 6.45) is 12.3. The van der Waals surface area contributed by atoms with Gasteiger partial charge in [0.25, 0.3) is 0 Å². The van der Waals surface area contributed by atoms with Crippen LogP contribution in [0.25, 0.3) is 0 Å². The first kappa shape index (κ1) is 14.4. The number of nitrogens with zero attached hydrogens (tertiary/aromatic N) is 1. The summed E-state index contributed by atoms with van der Waals surface area (Å²) in [5.74, 6) is 1.83. The third kappa shape index (κ3) is 3.99. The summed E-state index contributed by atoms with van der Waals surface area (Å²) >= 11 is 0. The Morgan fingerprint density at radius 2 is 1.84 bits per heavy atom. The van der Waals surface area contributed by atoms with Gasteiger partial charge >= 0.3 is 0 Å². The first-order valence-electron chi connectivity index (χ1n) is 7.74. The molecule has 0 heterocycles. The van der Waals surface area contributed by atoms with E-state index in [1.54, 1.807) is 0 Å². The van der Waals surface area contributed by atoms with Gasteiger partial charge in [-0.25, -0.2) is 0 Å². The zero-order valence-electron chi connectivity index (χ0n) is 12.7. The summed E-state index contributed by atoms with van der Waals surface area (Å²) in [6, 6.07) is 0.529. The molecule has 0 saturated heterocycles. The largest absolute Gasteiger partial charge is 0.356 e. The third-order valence-electron chi connectivity index (χ3n) is 4.74. The Hall–Kier alpha value is -0.990. The van der Waals surface area contributed by atoms with Crippen LogP contribution in [0.4, 0.5) is 0 Å². The van der Waals surface area contributed by atoms with Crippen LogP contribution in [0, 0.1) is 11.3 Å². The molecule has 1 saturated carbocycles. The van der Waals surface area contributed by atoms with Crippen LogP contribution in [0.3, 0.4) is 0 Å². The standard InChI is InChI=1S/C16H29N3/c1-16(2,13-8-4-5-9-13)12-18-15(17-3)19-14-10-6-7-11-14/h6-7,13-14H,4-5,8-12H2,1-3H3,(H2,17,18,19). The van der Waals surface area contributed by atoms with Crippen molar-refractivity contribution < 1.29 is 0 Å². The molecule has 2 aliphatic carbocycles. The number of guanidine groups is 1. The molecule has 0 unspecified atom stereocenters. The molecule has 2 rings (SSSR count). The van der Waals surface area contributed by atoms with Crippen molar-refractivity contribution in [3.05, 3.63) is 12.2 Å². The third-order valence-corrected chi connectivity index (χ3v) is 4.74. The molecule has 3 nitrogen and oxygen atoms in total. The SMILES string of the molecule is CN=C(NCC(C)(C)C1CCCC1)NC1CC=CC1. The maximum Gasteiger partial charge on any atom is 0.191 e. The molecule has 0 atom stereocenters. The second-order valence-corrected chi connectivity index (χ2v) is 6.68. The molecule has 19 heavy (non-hydrogen) atoms. The fraction of sp³-hybridized carbons (Fsp3) is 0.812. The van der Waals surface area contributed by atoms with Crippen molar-refractivity contribution in [1.82, 2.24) is 10.6 Å². The van der Waals surface area contributed by atoms with E-state index in [1.807, 2.05) is 7.05 Å². The summed E-state index contributed by atoms with van der Waals surface area (Å²) in [7, 11) is 1.86. The first-order chi connectivity index (χ1) is 9.12. The van der Waals surface area contributed by atoms with E-state index in [0.29, 0.717) is 11.5 Å².